The first-order valence-electron chi connectivity index (χ1n) is 7.37. The summed E-state index contributed by atoms with van der Waals surface area (Å²) >= 11 is 6.14. The molecule has 2 N–H and O–H groups in total. The smallest absolute Gasteiger partial charge is 0.305 e. The Labute approximate surface area is 149 Å². The molecule has 7 nitrogen and oxygen atoms in total. The fourth-order valence-electron chi connectivity index (χ4n) is 1.95. The van der Waals surface area contributed by atoms with Crippen molar-refractivity contribution in [2.24, 2.45) is 0 Å². The van der Waals surface area contributed by atoms with Crippen LogP contribution >= 0.6 is 11.6 Å². The summed E-state index contributed by atoms with van der Waals surface area (Å²) in [5, 5.41) is 0.361. The third-order valence-electron chi connectivity index (χ3n) is 3.01. The van der Waals surface area contributed by atoms with Crippen LogP contribution in [-0.4, -0.2) is 25.5 Å². The Morgan fingerprint density at radius 2 is 2.12 bits per heavy atom. The number of rotatable bonds is 6. The molecule has 0 aliphatic rings. The molecule has 2 amide bonds. The summed E-state index contributed by atoms with van der Waals surface area (Å²) in [6, 6.07) is 6.37. The van der Waals surface area contributed by atoms with Crippen molar-refractivity contribution >= 4 is 29.5 Å². The van der Waals surface area contributed by atoms with Gasteiger partial charge in [0.2, 0.25) is 0 Å². The zero-order chi connectivity index (χ0) is 18.2. The highest BCUT2D eigenvalue weighted by Crippen LogP contribution is 2.36. The number of hydrogen-bond acceptors (Lipinski definition) is 5. The number of halogens is 1. The van der Waals surface area contributed by atoms with Crippen LogP contribution in [0.4, 0.5) is 0 Å². The lowest BCUT2D eigenvalue weighted by molar-refractivity contribution is -0.117. The number of benzene rings is 1. The van der Waals surface area contributed by atoms with E-state index in [4.69, 9.17) is 25.5 Å². The van der Waals surface area contributed by atoms with Gasteiger partial charge in [0.05, 0.1) is 25.0 Å². The highest BCUT2D eigenvalue weighted by molar-refractivity contribution is 6.32. The maximum atomic E-state index is 11.8. The molecule has 0 saturated carbocycles. The fraction of sp³-hybridized carbons (Fsp3) is 0.176. The molecule has 2 rings (SSSR count). The average molecular weight is 365 g/mol. The van der Waals surface area contributed by atoms with Gasteiger partial charge in [-0.2, -0.15) is 0 Å². The number of amides is 2. The predicted molar refractivity (Wildman–Crippen MR) is 92.5 cm³/mol. The summed E-state index contributed by atoms with van der Waals surface area (Å²) in [5.41, 5.74) is 5.11. The predicted octanol–water partition coefficient (Wildman–Crippen LogP) is 2.81. The van der Waals surface area contributed by atoms with Gasteiger partial charge in [0.15, 0.2) is 17.3 Å². The Morgan fingerprint density at radius 3 is 2.76 bits per heavy atom. The fourth-order valence-corrected chi connectivity index (χ4v) is 2.24. The third-order valence-corrected chi connectivity index (χ3v) is 3.29. The minimum Gasteiger partial charge on any atom is -0.491 e. The Morgan fingerprint density at radius 1 is 1.32 bits per heavy atom. The van der Waals surface area contributed by atoms with Crippen molar-refractivity contribution in [3.8, 4) is 11.5 Å². The molecule has 0 spiro atoms. The Balaban J connectivity index is 2.00. The van der Waals surface area contributed by atoms with Gasteiger partial charge in [-0.3, -0.25) is 20.4 Å². The van der Waals surface area contributed by atoms with Crippen LogP contribution in [-0.2, 0) is 4.79 Å². The first kappa shape index (κ1) is 18.4. The van der Waals surface area contributed by atoms with Gasteiger partial charge in [-0.1, -0.05) is 11.6 Å². The molecule has 1 heterocycles. The first-order chi connectivity index (χ1) is 12.0. The molecule has 0 unspecified atom stereocenters. The monoisotopic (exact) mass is 364 g/mol. The lowest BCUT2D eigenvalue weighted by Crippen LogP contribution is -2.40. The molecule has 25 heavy (non-hydrogen) atoms. The van der Waals surface area contributed by atoms with Crippen LogP contribution in [0, 0.1) is 0 Å². The van der Waals surface area contributed by atoms with Gasteiger partial charge in [0, 0.05) is 6.08 Å². The number of furan rings is 1. The minimum absolute atomic E-state index is 0.0903. The topological polar surface area (TPSA) is 89.8 Å². The van der Waals surface area contributed by atoms with E-state index in [9.17, 15) is 9.59 Å². The van der Waals surface area contributed by atoms with Gasteiger partial charge in [-0.25, -0.2) is 0 Å². The van der Waals surface area contributed by atoms with E-state index in [1.807, 2.05) is 6.92 Å². The molecule has 1 aromatic carbocycles. The van der Waals surface area contributed by atoms with E-state index >= 15 is 0 Å². The molecule has 0 fully saturated rings. The minimum atomic E-state index is -0.558. The molecular formula is C17H17ClN2O5. The Hall–Kier alpha value is -2.93. The molecule has 2 aromatic rings. The lowest BCUT2D eigenvalue weighted by Gasteiger charge is -2.11. The summed E-state index contributed by atoms with van der Waals surface area (Å²) in [7, 11) is 1.49. The maximum Gasteiger partial charge on any atom is 0.305 e. The van der Waals surface area contributed by atoms with Crippen molar-refractivity contribution in [1.29, 1.82) is 0 Å². The van der Waals surface area contributed by atoms with Crippen molar-refractivity contribution < 1.29 is 23.5 Å². The molecule has 0 aliphatic carbocycles. The zero-order valence-corrected chi connectivity index (χ0v) is 14.4. The van der Waals surface area contributed by atoms with Crippen molar-refractivity contribution in [3.05, 3.63) is 53.0 Å². The van der Waals surface area contributed by atoms with Crippen molar-refractivity contribution in [3.63, 3.8) is 0 Å². The second kappa shape index (κ2) is 8.79. The summed E-state index contributed by atoms with van der Waals surface area (Å²) in [6.07, 6.45) is 4.14. The summed E-state index contributed by atoms with van der Waals surface area (Å²) in [6.45, 7) is 2.28. The van der Waals surface area contributed by atoms with Gasteiger partial charge < -0.3 is 13.9 Å². The maximum absolute atomic E-state index is 11.8. The molecule has 8 heteroatoms. The lowest BCUT2D eigenvalue weighted by atomic mass is 10.2. The van der Waals surface area contributed by atoms with Crippen LogP contribution in [0.1, 0.15) is 23.0 Å². The number of hydrazine groups is 1. The molecule has 0 saturated heterocycles. The number of ether oxygens (including phenoxy) is 2. The molecular weight excluding hydrogens is 348 g/mol. The van der Waals surface area contributed by atoms with Crippen molar-refractivity contribution in [2.75, 3.05) is 13.7 Å². The van der Waals surface area contributed by atoms with Gasteiger partial charge in [-0.15, -0.1) is 0 Å². The second-order valence-corrected chi connectivity index (χ2v) is 5.13. The van der Waals surface area contributed by atoms with E-state index in [2.05, 4.69) is 10.9 Å². The van der Waals surface area contributed by atoms with E-state index in [0.29, 0.717) is 28.7 Å². The number of nitrogens with one attached hydrogen (secondary N) is 2. The zero-order valence-electron chi connectivity index (χ0n) is 13.7. The molecule has 0 atom stereocenters. The number of carbonyl (C=O) groups is 2. The van der Waals surface area contributed by atoms with Crippen LogP contribution < -0.4 is 20.3 Å². The van der Waals surface area contributed by atoms with Gasteiger partial charge in [0.1, 0.15) is 0 Å². The quantitative estimate of drug-likeness (QED) is 0.607. The van der Waals surface area contributed by atoms with Crippen LogP contribution in [0.15, 0.2) is 41.0 Å². The van der Waals surface area contributed by atoms with Gasteiger partial charge >= 0.3 is 5.91 Å². The van der Waals surface area contributed by atoms with Gasteiger partial charge in [0.25, 0.3) is 5.91 Å². The summed E-state index contributed by atoms with van der Waals surface area (Å²) in [4.78, 5) is 23.4. The average Bonchev–Trinajstić information content (AvgIpc) is 3.12. The van der Waals surface area contributed by atoms with E-state index in [1.54, 1.807) is 18.2 Å². The summed E-state index contributed by atoms with van der Waals surface area (Å²) < 4.78 is 15.6. The molecule has 0 aliphatic heterocycles. The number of methoxy groups -OCH3 is 1. The molecule has 0 radical (unpaired) electrons. The third kappa shape index (κ3) is 5.02. The van der Waals surface area contributed by atoms with E-state index in [0.717, 1.165) is 0 Å². The van der Waals surface area contributed by atoms with Crippen molar-refractivity contribution in [1.82, 2.24) is 10.9 Å². The number of hydrogen-bond donors (Lipinski definition) is 2. The molecule has 132 valence electrons. The van der Waals surface area contributed by atoms with E-state index in [-0.39, 0.29) is 5.76 Å². The van der Waals surface area contributed by atoms with Crippen LogP contribution in [0.2, 0.25) is 5.02 Å². The molecule has 0 bridgehead atoms. The van der Waals surface area contributed by atoms with Gasteiger partial charge in [-0.05, 0) is 42.8 Å². The summed E-state index contributed by atoms with van der Waals surface area (Å²) in [5.74, 6) is -0.0882. The SMILES string of the molecule is CCOc1cc(/C=C/C(=O)NNC(=O)c2ccco2)cc(Cl)c1OC. The van der Waals surface area contributed by atoms with Crippen LogP contribution in [0.5, 0.6) is 11.5 Å². The highest BCUT2D eigenvalue weighted by Gasteiger charge is 2.11. The Kier molecular flexibility index (Phi) is 6.47. The first-order valence-corrected chi connectivity index (χ1v) is 7.75. The Bertz CT molecular complexity index is 772. The highest BCUT2D eigenvalue weighted by atomic mass is 35.5. The second-order valence-electron chi connectivity index (χ2n) is 4.72. The standard InChI is InChI=1S/C17H17ClN2O5/c1-3-24-14-10-11(9-12(18)16(14)23-2)6-7-15(21)19-20-17(22)13-5-4-8-25-13/h4-10H,3H2,1-2H3,(H,19,21)(H,20,22)/b7-6+. The molecule has 1 aromatic heterocycles. The largest absolute Gasteiger partial charge is 0.491 e. The number of carbonyl (C=O) groups excluding carboxylic acids is 2. The van der Waals surface area contributed by atoms with Crippen LogP contribution in [0.25, 0.3) is 6.08 Å². The van der Waals surface area contributed by atoms with Crippen molar-refractivity contribution in [2.45, 2.75) is 6.92 Å². The normalized spacial score (nSPS) is 10.5. The van der Waals surface area contributed by atoms with Crippen LogP contribution in [0.3, 0.4) is 0 Å². The van der Waals surface area contributed by atoms with E-state index in [1.165, 1.54) is 31.6 Å². The van der Waals surface area contributed by atoms with E-state index < -0.39 is 11.8 Å².